The Morgan fingerprint density at radius 2 is 1.52 bits per heavy atom. The Hall–Kier alpha value is -2.87. The minimum absolute atomic E-state index is 0.304. The number of nitriles is 1. The van der Waals surface area contributed by atoms with Gasteiger partial charge in [-0.1, -0.05) is 13.8 Å². The van der Waals surface area contributed by atoms with Gasteiger partial charge in [-0.25, -0.2) is 0 Å². The van der Waals surface area contributed by atoms with Crippen molar-refractivity contribution in [1.29, 1.82) is 5.26 Å². The molecule has 2 aromatic rings. The highest BCUT2D eigenvalue weighted by molar-refractivity contribution is 5.53. The Morgan fingerprint density at radius 1 is 1.00 bits per heavy atom. The van der Waals surface area contributed by atoms with E-state index in [4.69, 9.17) is 11.0 Å². The number of benzene rings is 2. The standard InChI is InChI=1S/C12H16N2O.C8H11NO/c1-4-9-7-10(5-6-11(9)15)14-12(2,3)8-13;1-2-6-5-7(9)3-4-8(6)10/h5-7,14-15H,4H2,1-3H3;3-5,10H,2,9H2,1H3. The summed E-state index contributed by atoms with van der Waals surface area (Å²) in [5, 5.41) is 30.6. The van der Waals surface area contributed by atoms with Gasteiger partial charge in [0.25, 0.3) is 0 Å². The van der Waals surface area contributed by atoms with Gasteiger partial charge in [0.2, 0.25) is 0 Å². The number of nitrogen functional groups attached to an aromatic ring is 1. The molecule has 0 bridgehead atoms. The summed E-state index contributed by atoms with van der Waals surface area (Å²) in [4.78, 5) is 0. The van der Waals surface area contributed by atoms with Gasteiger partial charge in [-0.2, -0.15) is 5.26 Å². The lowest BCUT2D eigenvalue weighted by Gasteiger charge is -2.19. The third-order valence-electron chi connectivity index (χ3n) is 3.68. The topological polar surface area (TPSA) is 102 Å². The molecule has 0 amide bonds. The molecule has 0 radical (unpaired) electrons. The third-order valence-corrected chi connectivity index (χ3v) is 3.68. The normalized spacial score (nSPS) is 10.4. The number of phenolic OH excluding ortho intramolecular Hbond substituents is 2. The van der Waals surface area contributed by atoms with E-state index in [-0.39, 0.29) is 0 Å². The van der Waals surface area contributed by atoms with E-state index in [9.17, 15) is 10.2 Å². The molecule has 5 nitrogen and oxygen atoms in total. The number of hydrogen-bond acceptors (Lipinski definition) is 5. The largest absolute Gasteiger partial charge is 0.508 e. The maximum absolute atomic E-state index is 9.50. The summed E-state index contributed by atoms with van der Waals surface area (Å²) < 4.78 is 0. The van der Waals surface area contributed by atoms with E-state index in [0.717, 1.165) is 29.7 Å². The van der Waals surface area contributed by atoms with Crippen LogP contribution in [0.15, 0.2) is 36.4 Å². The van der Waals surface area contributed by atoms with E-state index in [1.54, 1.807) is 30.3 Å². The average Bonchev–Trinajstić information content (AvgIpc) is 2.59. The summed E-state index contributed by atoms with van der Waals surface area (Å²) in [7, 11) is 0. The van der Waals surface area contributed by atoms with E-state index in [1.807, 2.05) is 33.8 Å². The van der Waals surface area contributed by atoms with Crippen LogP contribution in [0, 0.1) is 11.3 Å². The summed E-state index contributed by atoms with van der Waals surface area (Å²) in [6.45, 7) is 7.58. The molecule has 5 heteroatoms. The van der Waals surface area contributed by atoms with Gasteiger partial charge >= 0.3 is 0 Å². The molecule has 0 aliphatic heterocycles. The second kappa shape index (κ2) is 8.84. The van der Waals surface area contributed by atoms with Crippen molar-refractivity contribution in [3.05, 3.63) is 47.5 Å². The maximum atomic E-state index is 9.50. The molecule has 0 aliphatic rings. The molecule has 2 rings (SSSR count). The van der Waals surface area contributed by atoms with Crippen molar-refractivity contribution in [3.8, 4) is 17.6 Å². The fourth-order valence-electron chi connectivity index (χ4n) is 2.22. The molecule has 0 heterocycles. The van der Waals surface area contributed by atoms with Crippen molar-refractivity contribution in [2.75, 3.05) is 11.1 Å². The number of anilines is 2. The molecule has 0 fully saturated rings. The molecule has 2 aromatic carbocycles. The highest BCUT2D eigenvalue weighted by Crippen LogP contribution is 2.23. The second-order valence-corrected chi connectivity index (χ2v) is 6.30. The number of aromatic hydroxyl groups is 2. The average molecular weight is 341 g/mol. The zero-order valence-corrected chi connectivity index (χ0v) is 15.3. The van der Waals surface area contributed by atoms with Crippen molar-refractivity contribution in [2.24, 2.45) is 0 Å². The predicted octanol–water partition coefficient (Wildman–Crippen LogP) is 4.21. The van der Waals surface area contributed by atoms with Gasteiger partial charge in [0.1, 0.15) is 17.0 Å². The van der Waals surface area contributed by atoms with Gasteiger partial charge < -0.3 is 21.3 Å². The van der Waals surface area contributed by atoms with Gasteiger partial charge in [0, 0.05) is 11.4 Å². The monoisotopic (exact) mass is 341 g/mol. The van der Waals surface area contributed by atoms with Crippen LogP contribution in [0.1, 0.15) is 38.8 Å². The fourth-order valence-corrected chi connectivity index (χ4v) is 2.22. The molecule has 134 valence electrons. The van der Waals surface area contributed by atoms with Crippen LogP contribution in [0.2, 0.25) is 0 Å². The first-order valence-electron chi connectivity index (χ1n) is 8.31. The van der Waals surface area contributed by atoms with E-state index < -0.39 is 5.54 Å². The first-order valence-corrected chi connectivity index (χ1v) is 8.31. The Labute approximate surface area is 149 Å². The first kappa shape index (κ1) is 20.2. The second-order valence-electron chi connectivity index (χ2n) is 6.30. The van der Waals surface area contributed by atoms with Gasteiger partial charge in [-0.15, -0.1) is 0 Å². The van der Waals surface area contributed by atoms with Crippen LogP contribution in [-0.2, 0) is 12.8 Å². The van der Waals surface area contributed by atoms with Crippen molar-refractivity contribution in [1.82, 2.24) is 0 Å². The summed E-state index contributed by atoms with van der Waals surface area (Å²) in [5.41, 5.74) is 8.24. The van der Waals surface area contributed by atoms with Gasteiger partial charge in [-0.3, -0.25) is 0 Å². The number of phenols is 2. The van der Waals surface area contributed by atoms with Crippen molar-refractivity contribution in [3.63, 3.8) is 0 Å². The molecule has 0 aliphatic carbocycles. The van der Waals surface area contributed by atoms with Crippen LogP contribution in [0.25, 0.3) is 0 Å². The first-order chi connectivity index (χ1) is 11.7. The van der Waals surface area contributed by atoms with Gasteiger partial charge in [0.15, 0.2) is 0 Å². The third kappa shape index (κ3) is 6.27. The number of rotatable bonds is 4. The molecule has 0 saturated carbocycles. The van der Waals surface area contributed by atoms with Crippen LogP contribution in [-0.4, -0.2) is 15.8 Å². The van der Waals surface area contributed by atoms with Gasteiger partial charge in [0.05, 0.1) is 6.07 Å². The highest BCUT2D eigenvalue weighted by atomic mass is 16.3. The Balaban J connectivity index is 0.000000271. The summed E-state index contributed by atoms with van der Waals surface area (Å²) >= 11 is 0. The molecule has 0 atom stereocenters. The molecule has 0 saturated heterocycles. The van der Waals surface area contributed by atoms with E-state index in [1.165, 1.54) is 0 Å². The molecule has 0 spiro atoms. The lowest BCUT2D eigenvalue weighted by molar-refractivity contribution is 0.468. The highest BCUT2D eigenvalue weighted by Gasteiger charge is 2.15. The van der Waals surface area contributed by atoms with Crippen molar-refractivity contribution < 1.29 is 10.2 Å². The maximum Gasteiger partial charge on any atom is 0.119 e. The van der Waals surface area contributed by atoms with Crippen LogP contribution in [0.3, 0.4) is 0 Å². The number of aryl methyl sites for hydroxylation is 2. The van der Waals surface area contributed by atoms with Crippen molar-refractivity contribution >= 4 is 11.4 Å². The molecule has 5 N–H and O–H groups in total. The zero-order chi connectivity index (χ0) is 19.0. The lowest BCUT2D eigenvalue weighted by atomic mass is 10.1. The summed E-state index contributed by atoms with van der Waals surface area (Å²) in [6.07, 6.45) is 1.59. The van der Waals surface area contributed by atoms with Crippen LogP contribution in [0.4, 0.5) is 11.4 Å². The quantitative estimate of drug-likeness (QED) is 0.493. The number of nitrogens with two attached hydrogens (primary N) is 1. The lowest BCUT2D eigenvalue weighted by Crippen LogP contribution is -2.28. The van der Waals surface area contributed by atoms with E-state index >= 15 is 0 Å². The predicted molar refractivity (Wildman–Crippen MR) is 103 cm³/mol. The molecular formula is C20H27N3O2. The van der Waals surface area contributed by atoms with Crippen molar-refractivity contribution in [2.45, 2.75) is 46.1 Å². The summed E-state index contributed by atoms with van der Waals surface area (Å²) in [6, 6.07) is 12.6. The summed E-state index contributed by atoms with van der Waals surface area (Å²) in [5.74, 6) is 0.634. The van der Waals surface area contributed by atoms with Crippen LogP contribution >= 0.6 is 0 Å². The van der Waals surface area contributed by atoms with Crippen LogP contribution in [0.5, 0.6) is 11.5 Å². The number of hydrogen-bond donors (Lipinski definition) is 4. The fraction of sp³-hybridized carbons (Fsp3) is 0.350. The molecule has 0 aromatic heterocycles. The SMILES string of the molecule is CCc1cc(N)ccc1O.CCc1cc(NC(C)(C)C#N)ccc1O. The Morgan fingerprint density at radius 3 is 2.00 bits per heavy atom. The number of nitrogens with zero attached hydrogens (tertiary/aromatic N) is 1. The molecular weight excluding hydrogens is 314 g/mol. The van der Waals surface area contributed by atoms with Crippen LogP contribution < -0.4 is 11.1 Å². The minimum atomic E-state index is -0.595. The molecule has 0 unspecified atom stereocenters. The van der Waals surface area contributed by atoms with Gasteiger partial charge in [-0.05, 0) is 74.2 Å². The van der Waals surface area contributed by atoms with E-state index in [2.05, 4.69) is 11.4 Å². The smallest absolute Gasteiger partial charge is 0.119 e. The minimum Gasteiger partial charge on any atom is -0.508 e. The molecule has 25 heavy (non-hydrogen) atoms. The number of nitrogens with one attached hydrogen (secondary N) is 1. The zero-order valence-electron chi connectivity index (χ0n) is 15.3. The Kier molecular flexibility index (Phi) is 7.13. The Bertz CT molecular complexity index is 749. The van der Waals surface area contributed by atoms with E-state index in [0.29, 0.717) is 17.2 Å².